The van der Waals surface area contributed by atoms with E-state index in [9.17, 15) is 10.1 Å². The van der Waals surface area contributed by atoms with Crippen molar-refractivity contribution in [2.24, 2.45) is 5.92 Å². The van der Waals surface area contributed by atoms with E-state index in [0.717, 1.165) is 30.5 Å². The van der Waals surface area contributed by atoms with Crippen LogP contribution in [0.1, 0.15) is 41.3 Å². The molecule has 0 bridgehead atoms. The van der Waals surface area contributed by atoms with E-state index in [1.54, 1.807) is 0 Å². The van der Waals surface area contributed by atoms with Crippen molar-refractivity contribution in [2.75, 3.05) is 5.75 Å². The normalized spacial score (nSPS) is 15.8. The molecule has 0 saturated heterocycles. The summed E-state index contributed by atoms with van der Waals surface area (Å²) in [6, 6.07) is 12.3. The van der Waals surface area contributed by atoms with Gasteiger partial charge in [-0.3, -0.25) is 4.79 Å². The number of nitrogens with zero attached hydrogens (tertiary/aromatic N) is 2. The first-order chi connectivity index (χ1) is 12.5. The van der Waals surface area contributed by atoms with Gasteiger partial charge < -0.3 is 5.32 Å². The van der Waals surface area contributed by atoms with Gasteiger partial charge in [0.25, 0.3) is 0 Å². The summed E-state index contributed by atoms with van der Waals surface area (Å²) in [6.07, 6.45) is 3.07. The maximum atomic E-state index is 12.1. The Morgan fingerprint density at radius 2 is 2.15 bits per heavy atom. The Morgan fingerprint density at radius 3 is 2.88 bits per heavy atom. The number of benzene rings is 1. The minimum Gasteiger partial charge on any atom is -0.351 e. The van der Waals surface area contributed by atoms with E-state index in [0.29, 0.717) is 23.1 Å². The maximum absolute atomic E-state index is 12.1. The smallest absolute Gasteiger partial charge is 0.230 e. The maximum Gasteiger partial charge on any atom is 0.230 e. The summed E-state index contributed by atoms with van der Waals surface area (Å²) in [5, 5.41) is 13.0. The second-order valence-electron chi connectivity index (χ2n) is 6.96. The average molecular weight is 366 g/mol. The highest BCUT2D eigenvalue weighted by Crippen LogP contribution is 2.29. The molecule has 0 fully saturated rings. The number of hydrogen-bond acceptors (Lipinski definition) is 4. The van der Waals surface area contributed by atoms with Gasteiger partial charge in [0.15, 0.2) is 0 Å². The molecule has 0 saturated carbocycles. The van der Waals surface area contributed by atoms with Gasteiger partial charge in [0.2, 0.25) is 5.91 Å². The molecule has 134 valence electrons. The van der Waals surface area contributed by atoms with E-state index in [1.807, 2.05) is 37.3 Å². The Bertz CT molecular complexity index is 840. The summed E-state index contributed by atoms with van der Waals surface area (Å²) in [7, 11) is 0. The zero-order chi connectivity index (χ0) is 18.5. The number of thioether (sulfide) groups is 1. The molecule has 1 aliphatic carbocycles. The van der Waals surface area contributed by atoms with Crippen LogP contribution < -0.4 is 5.32 Å². The van der Waals surface area contributed by atoms with Crippen LogP contribution in [-0.2, 0) is 24.2 Å². The lowest BCUT2D eigenvalue weighted by molar-refractivity contribution is -0.118. The van der Waals surface area contributed by atoms with Gasteiger partial charge in [-0.15, -0.1) is 0 Å². The number of carbonyl (C=O) groups excluding carboxylic acids is 1. The van der Waals surface area contributed by atoms with Crippen LogP contribution in [0.15, 0.2) is 35.4 Å². The van der Waals surface area contributed by atoms with Crippen LogP contribution in [0.4, 0.5) is 0 Å². The molecule has 1 atom stereocenters. The Hall–Kier alpha value is -2.32. The van der Waals surface area contributed by atoms with Crippen molar-refractivity contribution in [2.45, 2.75) is 44.7 Å². The third-order valence-corrected chi connectivity index (χ3v) is 5.66. The monoisotopic (exact) mass is 365 g/mol. The van der Waals surface area contributed by atoms with Crippen molar-refractivity contribution < 1.29 is 4.79 Å². The van der Waals surface area contributed by atoms with Crippen molar-refractivity contribution in [3.8, 4) is 6.07 Å². The lowest BCUT2D eigenvalue weighted by Crippen LogP contribution is -2.24. The number of nitriles is 1. The minimum atomic E-state index is -0.0485. The highest BCUT2D eigenvalue weighted by Gasteiger charge is 2.19. The summed E-state index contributed by atoms with van der Waals surface area (Å²) in [6.45, 7) is 4.79. The topological polar surface area (TPSA) is 65.8 Å². The molecule has 1 amide bonds. The van der Waals surface area contributed by atoms with Gasteiger partial charge in [0.1, 0.15) is 11.1 Å². The van der Waals surface area contributed by atoms with Crippen molar-refractivity contribution >= 4 is 17.7 Å². The molecule has 3 rings (SSSR count). The number of pyridine rings is 1. The van der Waals surface area contributed by atoms with E-state index in [4.69, 9.17) is 0 Å². The molecule has 0 spiro atoms. The third-order valence-electron chi connectivity index (χ3n) is 4.67. The summed E-state index contributed by atoms with van der Waals surface area (Å²) >= 11 is 1.35. The second-order valence-corrected chi connectivity index (χ2v) is 7.92. The third kappa shape index (κ3) is 4.64. The number of carbonyl (C=O) groups is 1. The number of aryl methyl sites for hydroxylation is 2. The number of amides is 1. The Morgan fingerprint density at radius 1 is 1.38 bits per heavy atom. The molecule has 1 heterocycles. The standard InChI is InChI=1S/C21H23N3OS/c1-14-3-6-16(7-4-14)12-23-20(25)13-26-21-18(11-22)10-17-9-15(2)5-8-19(17)24-21/h3-4,6-7,10,15H,5,8-9,12-13H2,1-2H3,(H,23,25). The van der Waals surface area contributed by atoms with E-state index in [2.05, 4.69) is 23.3 Å². The summed E-state index contributed by atoms with van der Waals surface area (Å²) in [5.41, 5.74) is 5.13. The van der Waals surface area contributed by atoms with E-state index >= 15 is 0 Å². The number of fused-ring (bicyclic) bond motifs is 1. The van der Waals surface area contributed by atoms with Gasteiger partial charge in [0, 0.05) is 12.2 Å². The molecule has 2 aromatic rings. The zero-order valence-electron chi connectivity index (χ0n) is 15.2. The summed E-state index contributed by atoms with van der Waals surface area (Å²) in [5.74, 6) is 0.859. The van der Waals surface area contributed by atoms with Gasteiger partial charge in [-0.25, -0.2) is 4.98 Å². The van der Waals surface area contributed by atoms with E-state index in [-0.39, 0.29) is 11.7 Å². The van der Waals surface area contributed by atoms with Crippen LogP contribution in [-0.4, -0.2) is 16.6 Å². The molecule has 0 aliphatic heterocycles. The predicted molar refractivity (Wildman–Crippen MR) is 104 cm³/mol. The number of aromatic nitrogens is 1. The highest BCUT2D eigenvalue weighted by atomic mass is 32.2. The first-order valence-corrected chi connectivity index (χ1v) is 9.91. The van der Waals surface area contributed by atoms with Crippen LogP contribution in [0.25, 0.3) is 0 Å². The molecule has 26 heavy (non-hydrogen) atoms. The molecule has 1 aliphatic rings. The molecule has 1 N–H and O–H groups in total. The second kappa shape index (κ2) is 8.37. The molecule has 1 unspecified atom stereocenters. The molecule has 1 aromatic heterocycles. The SMILES string of the molecule is Cc1ccc(CNC(=O)CSc2nc3c(cc2C#N)CC(C)CC3)cc1. The fourth-order valence-corrected chi connectivity index (χ4v) is 3.91. The van der Waals surface area contributed by atoms with Crippen molar-refractivity contribution in [1.82, 2.24) is 10.3 Å². The van der Waals surface area contributed by atoms with Crippen LogP contribution in [0.2, 0.25) is 0 Å². The molecular weight excluding hydrogens is 342 g/mol. The fourth-order valence-electron chi connectivity index (χ4n) is 3.11. The van der Waals surface area contributed by atoms with E-state index in [1.165, 1.54) is 22.9 Å². The molecule has 4 nitrogen and oxygen atoms in total. The number of nitrogens with one attached hydrogen (secondary N) is 1. The largest absolute Gasteiger partial charge is 0.351 e. The molecule has 5 heteroatoms. The van der Waals surface area contributed by atoms with Gasteiger partial charge >= 0.3 is 0 Å². The minimum absolute atomic E-state index is 0.0485. The summed E-state index contributed by atoms with van der Waals surface area (Å²) in [4.78, 5) is 16.8. The van der Waals surface area contributed by atoms with Crippen LogP contribution >= 0.6 is 11.8 Å². The fraction of sp³-hybridized carbons (Fsp3) is 0.381. The summed E-state index contributed by atoms with van der Waals surface area (Å²) < 4.78 is 0. The zero-order valence-corrected chi connectivity index (χ0v) is 16.0. The van der Waals surface area contributed by atoms with Crippen LogP contribution in [0.3, 0.4) is 0 Å². The Kier molecular flexibility index (Phi) is 5.95. The lowest BCUT2D eigenvalue weighted by Gasteiger charge is -2.21. The highest BCUT2D eigenvalue weighted by molar-refractivity contribution is 8.00. The van der Waals surface area contributed by atoms with Crippen molar-refractivity contribution in [3.05, 3.63) is 58.3 Å². The van der Waals surface area contributed by atoms with Gasteiger partial charge in [-0.1, -0.05) is 48.5 Å². The van der Waals surface area contributed by atoms with Crippen molar-refractivity contribution in [3.63, 3.8) is 0 Å². The molecular formula is C21H23N3OS. The van der Waals surface area contributed by atoms with E-state index < -0.39 is 0 Å². The molecule has 0 radical (unpaired) electrons. The lowest BCUT2D eigenvalue weighted by atomic mass is 9.87. The van der Waals surface area contributed by atoms with Gasteiger partial charge in [0.05, 0.1) is 11.3 Å². The van der Waals surface area contributed by atoms with Crippen LogP contribution in [0, 0.1) is 24.2 Å². The quantitative estimate of drug-likeness (QED) is 0.819. The predicted octanol–water partition coefficient (Wildman–Crippen LogP) is 3.80. The first kappa shape index (κ1) is 18.5. The number of hydrogen-bond donors (Lipinski definition) is 1. The van der Waals surface area contributed by atoms with Crippen molar-refractivity contribution in [1.29, 1.82) is 5.26 Å². The first-order valence-electron chi connectivity index (χ1n) is 8.93. The van der Waals surface area contributed by atoms with Gasteiger partial charge in [-0.2, -0.15) is 5.26 Å². The Balaban J connectivity index is 1.59. The van der Waals surface area contributed by atoms with Gasteiger partial charge in [-0.05, 0) is 49.3 Å². The number of rotatable bonds is 5. The van der Waals surface area contributed by atoms with Crippen LogP contribution in [0.5, 0.6) is 0 Å². The molecule has 1 aromatic carbocycles. The average Bonchev–Trinajstić information content (AvgIpc) is 2.65. The Labute approximate surface area is 159 Å².